The number of carbonyl (C=O) groups excluding carboxylic acids is 1. The molecular weight excluding hydrogens is 538 g/mol. The van der Waals surface area contributed by atoms with Gasteiger partial charge in [0.25, 0.3) is 0 Å². The van der Waals surface area contributed by atoms with Crippen LogP contribution in [-0.2, 0) is 11.8 Å². The number of halogens is 4. The van der Waals surface area contributed by atoms with E-state index < -0.39 is 5.97 Å². The maximum atomic E-state index is 12.5. The van der Waals surface area contributed by atoms with E-state index in [4.69, 9.17) is 65.4 Å². The van der Waals surface area contributed by atoms with Crippen molar-refractivity contribution in [3.8, 4) is 28.9 Å². The van der Waals surface area contributed by atoms with Crippen LogP contribution in [0.5, 0.6) is 28.9 Å². The highest BCUT2D eigenvalue weighted by atomic mass is 35.5. The molecule has 1 heterocycles. The molecule has 7 nitrogen and oxygen atoms in total. The molecule has 3 aromatic rings. The molecule has 0 aliphatic rings. The van der Waals surface area contributed by atoms with Gasteiger partial charge in [0.15, 0.2) is 0 Å². The van der Waals surface area contributed by atoms with E-state index in [0.29, 0.717) is 28.7 Å². The standard InChI is InChI=1S/C24H20Cl4N2O5/c1-15-22(24(31)33-14-12-21(27)28)23(30(2)29-15)35-19-9-7-18(8-10-19)34-17-5-3-16(4-6-17)32-13-11-20(25)26/h3-12H,13-14H2,1-2H3. The average Bonchev–Trinajstić information content (AvgIpc) is 3.08. The zero-order chi connectivity index (χ0) is 25.4. The summed E-state index contributed by atoms with van der Waals surface area (Å²) in [5.74, 6) is 1.97. The number of hydrogen-bond acceptors (Lipinski definition) is 6. The van der Waals surface area contributed by atoms with Gasteiger partial charge >= 0.3 is 5.97 Å². The number of nitrogens with zero attached hydrogens (tertiary/aromatic N) is 2. The van der Waals surface area contributed by atoms with Crippen LogP contribution >= 0.6 is 46.4 Å². The van der Waals surface area contributed by atoms with E-state index in [2.05, 4.69) is 5.10 Å². The summed E-state index contributed by atoms with van der Waals surface area (Å²) in [6.07, 6.45) is 2.91. The molecule has 0 atom stereocenters. The van der Waals surface area contributed by atoms with Crippen LogP contribution in [0.2, 0.25) is 0 Å². The van der Waals surface area contributed by atoms with Crippen molar-refractivity contribution in [3.05, 3.63) is 80.9 Å². The fraction of sp³-hybridized carbons (Fsp3) is 0.167. The van der Waals surface area contributed by atoms with Crippen LogP contribution in [0, 0.1) is 6.92 Å². The zero-order valence-electron chi connectivity index (χ0n) is 18.6. The molecule has 2 aromatic carbocycles. The maximum Gasteiger partial charge on any atom is 0.345 e. The Morgan fingerprint density at radius 1 is 0.829 bits per heavy atom. The molecule has 0 bridgehead atoms. The smallest absolute Gasteiger partial charge is 0.345 e. The highest BCUT2D eigenvalue weighted by molar-refractivity contribution is 6.56. The van der Waals surface area contributed by atoms with Crippen molar-refractivity contribution >= 4 is 52.4 Å². The van der Waals surface area contributed by atoms with Gasteiger partial charge in [0, 0.05) is 7.05 Å². The fourth-order valence-corrected chi connectivity index (χ4v) is 3.12. The van der Waals surface area contributed by atoms with E-state index in [1.54, 1.807) is 68.6 Å². The highest BCUT2D eigenvalue weighted by Crippen LogP contribution is 2.31. The predicted molar refractivity (Wildman–Crippen MR) is 136 cm³/mol. The first-order valence-corrected chi connectivity index (χ1v) is 11.7. The lowest BCUT2D eigenvalue weighted by Crippen LogP contribution is -2.08. The average molecular weight is 558 g/mol. The van der Waals surface area contributed by atoms with E-state index in [0.717, 1.165) is 0 Å². The van der Waals surface area contributed by atoms with Gasteiger partial charge in [0.1, 0.15) is 50.8 Å². The van der Waals surface area contributed by atoms with Gasteiger partial charge < -0.3 is 18.9 Å². The van der Waals surface area contributed by atoms with Crippen LogP contribution in [-0.4, -0.2) is 29.0 Å². The molecule has 1 aromatic heterocycles. The first kappa shape index (κ1) is 26.8. The number of carbonyl (C=O) groups is 1. The van der Waals surface area contributed by atoms with Gasteiger partial charge in [-0.25, -0.2) is 9.48 Å². The normalized spacial score (nSPS) is 10.3. The van der Waals surface area contributed by atoms with Crippen LogP contribution < -0.4 is 14.2 Å². The molecule has 3 rings (SSSR count). The number of rotatable bonds is 10. The first-order valence-electron chi connectivity index (χ1n) is 10.1. The lowest BCUT2D eigenvalue weighted by molar-refractivity contribution is 0.0545. The Hall–Kier alpha value is -2.84. The molecule has 0 radical (unpaired) electrons. The summed E-state index contributed by atoms with van der Waals surface area (Å²) in [5, 5.41) is 4.25. The number of benzene rings is 2. The minimum Gasteiger partial charge on any atom is -0.489 e. The molecule has 0 saturated heterocycles. The predicted octanol–water partition coefficient (Wildman–Crippen LogP) is 7.49. The number of hydrogen-bond donors (Lipinski definition) is 0. The lowest BCUT2D eigenvalue weighted by Gasteiger charge is -2.10. The number of aromatic nitrogens is 2. The van der Waals surface area contributed by atoms with Gasteiger partial charge in [-0.1, -0.05) is 46.4 Å². The summed E-state index contributed by atoms with van der Waals surface area (Å²) in [5.41, 5.74) is 0.667. The molecule has 184 valence electrons. The summed E-state index contributed by atoms with van der Waals surface area (Å²) in [7, 11) is 1.67. The van der Waals surface area contributed by atoms with Crippen molar-refractivity contribution in [2.45, 2.75) is 6.92 Å². The van der Waals surface area contributed by atoms with Crippen LogP contribution in [0.4, 0.5) is 0 Å². The number of ether oxygens (including phenoxy) is 4. The van der Waals surface area contributed by atoms with E-state index in [9.17, 15) is 4.79 Å². The second kappa shape index (κ2) is 12.7. The Morgan fingerprint density at radius 3 is 1.86 bits per heavy atom. The van der Waals surface area contributed by atoms with Crippen LogP contribution in [0.1, 0.15) is 16.1 Å². The second-order valence-electron chi connectivity index (χ2n) is 6.93. The number of esters is 1. The third kappa shape index (κ3) is 8.11. The molecule has 0 spiro atoms. The summed E-state index contributed by atoms with van der Waals surface area (Å²) in [4.78, 5) is 12.5. The van der Waals surface area contributed by atoms with Gasteiger partial charge in [-0.05, 0) is 67.6 Å². The van der Waals surface area contributed by atoms with Crippen molar-refractivity contribution in [1.29, 1.82) is 0 Å². The summed E-state index contributed by atoms with van der Waals surface area (Å²) in [6, 6.07) is 14.0. The molecule has 11 heteroatoms. The third-order valence-electron chi connectivity index (χ3n) is 4.41. The topological polar surface area (TPSA) is 71.8 Å². The van der Waals surface area contributed by atoms with Gasteiger partial charge in [-0.15, -0.1) is 0 Å². The summed E-state index contributed by atoms with van der Waals surface area (Å²) < 4.78 is 24.1. The van der Waals surface area contributed by atoms with Crippen molar-refractivity contribution in [1.82, 2.24) is 9.78 Å². The van der Waals surface area contributed by atoms with E-state index in [-0.39, 0.29) is 33.6 Å². The Kier molecular flexibility index (Phi) is 9.74. The van der Waals surface area contributed by atoms with Gasteiger partial charge in [0.2, 0.25) is 5.88 Å². The number of aryl methyl sites for hydroxylation is 2. The maximum absolute atomic E-state index is 12.5. The second-order valence-corrected chi connectivity index (χ2v) is 8.95. The molecule has 0 N–H and O–H groups in total. The molecule has 0 unspecified atom stereocenters. The SMILES string of the molecule is Cc1nn(C)c(Oc2ccc(Oc3ccc(OCC=C(Cl)Cl)cc3)cc2)c1C(=O)OCC=C(Cl)Cl. The Bertz CT molecular complexity index is 1210. The van der Waals surface area contributed by atoms with Gasteiger partial charge in [-0.2, -0.15) is 5.10 Å². The fourth-order valence-electron chi connectivity index (χ4n) is 2.87. The Labute approximate surface area is 222 Å². The van der Waals surface area contributed by atoms with Crippen LogP contribution in [0.25, 0.3) is 0 Å². The van der Waals surface area contributed by atoms with E-state index in [1.807, 2.05) is 0 Å². The molecule has 0 fully saturated rings. The molecule has 0 saturated carbocycles. The zero-order valence-corrected chi connectivity index (χ0v) is 21.7. The van der Waals surface area contributed by atoms with Gasteiger partial charge in [-0.3, -0.25) is 0 Å². The van der Waals surface area contributed by atoms with Crippen molar-refractivity contribution in [2.24, 2.45) is 7.05 Å². The van der Waals surface area contributed by atoms with Gasteiger partial charge in [0.05, 0.1) is 5.69 Å². The van der Waals surface area contributed by atoms with Crippen molar-refractivity contribution < 1.29 is 23.7 Å². The van der Waals surface area contributed by atoms with Crippen molar-refractivity contribution in [2.75, 3.05) is 13.2 Å². The summed E-state index contributed by atoms with van der Waals surface area (Å²) >= 11 is 22.2. The molecule has 35 heavy (non-hydrogen) atoms. The minimum atomic E-state index is -0.606. The highest BCUT2D eigenvalue weighted by Gasteiger charge is 2.23. The quantitative estimate of drug-likeness (QED) is 0.240. The molecule has 0 aliphatic carbocycles. The molecule has 0 amide bonds. The Balaban J connectivity index is 1.64. The van der Waals surface area contributed by atoms with E-state index in [1.165, 1.54) is 10.8 Å². The third-order valence-corrected chi connectivity index (χ3v) is 5.03. The molecule has 0 aliphatic heterocycles. The minimum absolute atomic E-state index is 0.00816. The van der Waals surface area contributed by atoms with Crippen LogP contribution in [0.3, 0.4) is 0 Å². The monoisotopic (exact) mass is 556 g/mol. The van der Waals surface area contributed by atoms with E-state index >= 15 is 0 Å². The largest absolute Gasteiger partial charge is 0.489 e. The lowest BCUT2D eigenvalue weighted by atomic mass is 10.2. The van der Waals surface area contributed by atoms with Crippen LogP contribution in [0.15, 0.2) is 69.7 Å². The summed E-state index contributed by atoms with van der Waals surface area (Å²) in [6.45, 7) is 1.87. The molecular formula is C24H20Cl4N2O5. The van der Waals surface area contributed by atoms with Crippen molar-refractivity contribution in [3.63, 3.8) is 0 Å². The Morgan fingerprint density at radius 2 is 1.31 bits per heavy atom. The first-order chi connectivity index (χ1) is 16.7.